The molecule has 0 aliphatic heterocycles. The fourth-order valence-electron chi connectivity index (χ4n) is 0.527. The van der Waals surface area contributed by atoms with Gasteiger partial charge in [0.25, 0.3) is 0 Å². The summed E-state index contributed by atoms with van der Waals surface area (Å²) in [5, 5.41) is 0. The molecule has 10 heavy (non-hydrogen) atoms. The van der Waals surface area contributed by atoms with Crippen LogP contribution >= 0.6 is 0 Å². The number of rotatable bonds is 0. The monoisotopic (exact) mass is 149 g/mol. The Morgan fingerprint density at radius 3 is 2.30 bits per heavy atom. The Balaban J connectivity index is 2.96. The van der Waals surface area contributed by atoms with Gasteiger partial charge in [-0.15, -0.1) is 0 Å². The highest BCUT2D eigenvalue weighted by Crippen LogP contribution is 2.29. The lowest BCUT2D eigenvalue weighted by molar-refractivity contribution is -0.153. The van der Waals surface area contributed by atoms with Crippen LogP contribution < -0.4 is 0 Å². The Hall–Kier alpha value is -0.930. The Bertz CT molecular complexity index is 223. The van der Waals surface area contributed by atoms with Gasteiger partial charge in [-0.05, 0) is 13.0 Å². The van der Waals surface area contributed by atoms with Crippen molar-refractivity contribution in [2.24, 2.45) is 0 Å². The normalized spacial score (nSPS) is 12.0. The largest absolute Gasteiger partial charge is 0.456 e. The number of hydrogen-bond donors (Lipinski definition) is 0. The molecular weight excluding hydrogens is 145 g/mol. The zero-order valence-corrected chi connectivity index (χ0v) is 5.12. The van der Waals surface area contributed by atoms with Crippen molar-refractivity contribution in [3.05, 3.63) is 23.7 Å². The summed E-state index contributed by atoms with van der Waals surface area (Å²) < 4.78 is 39.3. The Kier molecular flexibility index (Phi) is 1.46. The van der Waals surface area contributed by atoms with Crippen LogP contribution in [0.2, 0.25) is 0 Å². The third-order valence-electron chi connectivity index (χ3n) is 0.927. The number of hydrogen-bond acceptors (Lipinski definition) is 1. The molecule has 1 rings (SSSR count). The van der Waals surface area contributed by atoms with E-state index >= 15 is 0 Å². The highest BCUT2D eigenvalue weighted by atomic mass is 19.4. The average molecular weight is 149 g/mol. The van der Waals surface area contributed by atoms with E-state index in [1.165, 1.54) is 6.92 Å². The van der Waals surface area contributed by atoms with E-state index in [4.69, 9.17) is 0 Å². The van der Waals surface area contributed by atoms with Crippen LogP contribution in [-0.2, 0) is 6.18 Å². The quantitative estimate of drug-likeness (QED) is 0.552. The fourth-order valence-corrected chi connectivity index (χ4v) is 0.527. The van der Waals surface area contributed by atoms with Gasteiger partial charge in [-0.3, -0.25) is 0 Å². The SMILES string of the molecule is Cc1c[c]c(C(F)(F)F)o1. The second-order valence-corrected chi connectivity index (χ2v) is 1.83. The molecule has 0 bridgehead atoms. The molecule has 0 aliphatic carbocycles. The summed E-state index contributed by atoms with van der Waals surface area (Å²) >= 11 is 0. The zero-order valence-electron chi connectivity index (χ0n) is 5.12. The first-order valence-electron chi connectivity index (χ1n) is 2.55. The summed E-state index contributed by atoms with van der Waals surface area (Å²) in [5.74, 6) is -0.850. The van der Waals surface area contributed by atoms with Gasteiger partial charge in [0.05, 0.1) is 0 Å². The van der Waals surface area contributed by atoms with Crippen LogP contribution in [0.4, 0.5) is 13.2 Å². The topological polar surface area (TPSA) is 13.1 Å². The van der Waals surface area contributed by atoms with Crippen LogP contribution in [0, 0.1) is 13.0 Å². The second kappa shape index (κ2) is 2.04. The molecule has 1 heterocycles. The number of aryl methyl sites for hydroxylation is 1. The molecule has 0 spiro atoms. The van der Waals surface area contributed by atoms with Crippen LogP contribution in [0.15, 0.2) is 10.5 Å². The first-order valence-corrected chi connectivity index (χ1v) is 2.55. The summed E-state index contributed by atoms with van der Waals surface area (Å²) in [6.45, 7) is 1.44. The number of alkyl halides is 3. The van der Waals surface area contributed by atoms with Gasteiger partial charge in [-0.25, -0.2) is 0 Å². The predicted molar refractivity (Wildman–Crippen MR) is 27.3 cm³/mol. The molecule has 0 saturated heterocycles. The Morgan fingerprint density at radius 1 is 1.50 bits per heavy atom. The van der Waals surface area contributed by atoms with Gasteiger partial charge in [0.15, 0.2) is 0 Å². The molecule has 0 N–H and O–H groups in total. The van der Waals surface area contributed by atoms with E-state index < -0.39 is 11.9 Å². The molecule has 0 aliphatic rings. The Labute approximate surface area is 55.5 Å². The summed E-state index contributed by atoms with van der Waals surface area (Å²) in [4.78, 5) is 0. The lowest BCUT2D eigenvalue weighted by Gasteiger charge is -1.98. The molecule has 0 saturated carbocycles. The van der Waals surface area contributed by atoms with Crippen LogP contribution in [0.25, 0.3) is 0 Å². The highest BCUT2D eigenvalue weighted by molar-refractivity contribution is 5.05. The van der Waals surface area contributed by atoms with Crippen LogP contribution in [0.5, 0.6) is 0 Å². The first kappa shape index (κ1) is 7.18. The maximum Gasteiger partial charge on any atom is 0.450 e. The summed E-state index contributed by atoms with van der Waals surface area (Å²) in [6.07, 6.45) is -4.41. The smallest absolute Gasteiger partial charge is 0.450 e. The molecule has 1 nitrogen and oxygen atoms in total. The molecule has 1 aromatic rings. The van der Waals surface area contributed by atoms with Gasteiger partial charge in [-0.1, -0.05) is 0 Å². The van der Waals surface area contributed by atoms with Crippen molar-refractivity contribution in [1.82, 2.24) is 0 Å². The molecule has 0 atom stereocenters. The van der Waals surface area contributed by atoms with Crippen molar-refractivity contribution in [3.63, 3.8) is 0 Å². The van der Waals surface area contributed by atoms with Crippen molar-refractivity contribution in [2.75, 3.05) is 0 Å². The van der Waals surface area contributed by atoms with E-state index in [9.17, 15) is 13.2 Å². The first-order chi connectivity index (χ1) is 4.50. The fraction of sp³-hybridized carbons (Fsp3) is 0.333. The van der Waals surface area contributed by atoms with Crippen LogP contribution in [-0.4, -0.2) is 0 Å². The minimum atomic E-state index is -4.41. The van der Waals surface area contributed by atoms with Crippen LogP contribution in [0.1, 0.15) is 11.5 Å². The summed E-state index contributed by atoms with van der Waals surface area (Å²) in [5.41, 5.74) is 0. The molecule has 1 aromatic heterocycles. The zero-order chi connectivity index (χ0) is 7.78. The van der Waals surface area contributed by atoms with Gasteiger partial charge >= 0.3 is 6.18 Å². The minimum Gasteiger partial charge on any atom is -0.456 e. The van der Waals surface area contributed by atoms with Gasteiger partial charge in [0.1, 0.15) is 5.76 Å². The lowest BCUT2D eigenvalue weighted by Crippen LogP contribution is -2.02. The van der Waals surface area contributed by atoms with Crippen molar-refractivity contribution in [2.45, 2.75) is 13.1 Å². The standard InChI is InChI=1S/C6H4F3O/c1-4-2-3-5(10-4)6(7,8)9/h2H,1H3. The van der Waals surface area contributed by atoms with E-state index in [-0.39, 0.29) is 5.76 Å². The second-order valence-electron chi connectivity index (χ2n) is 1.83. The summed E-state index contributed by atoms with van der Waals surface area (Å²) in [7, 11) is 0. The van der Waals surface area contributed by atoms with E-state index in [0.29, 0.717) is 0 Å². The van der Waals surface area contributed by atoms with E-state index in [1.54, 1.807) is 0 Å². The van der Waals surface area contributed by atoms with Crippen LogP contribution in [0.3, 0.4) is 0 Å². The molecule has 1 radical (unpaired) electrons. The molecular formula is C6H4F3O. The number of halogens is 3. The third-order valence-corrected chi connectivity index (χ3v) is 0.927. The molecule has 55 valence electrons. The van der Waals surface area contributed by atoms with Crippen molar-refractivity contribution < 1.29 is 17.6 Å². The third kappa shape index (κ3) is 1.32. The summed E-state index contributed by atoms with van der Waals surface area (Å²) in [6, 6.07) is 3.11. The molecule has 4 heteroatoms. The van der Waals surface area contributed by atoms with Gasteiger partial charge in [-0.2, -0.15) is 13.2 Å². The van der Waals surface area contributed by atoms with Gasteiger partial charge in [0.2, 0.25) is 5.76 Å². The van der Waals surface area contributed by atoms with Crippen molar-refractivity contribution in [3.8, 4) is 0 Å². The predicted octanol–water partition coefficient (Wildman–Crippen LogP) is 2.41. The average Bonchev–Trinajstić information content (AvgIpc) is 2.11. The van der Waals surface area contributed by atoms with E-state index in [0.717, 1.165) is 6.07 Å². The molecule has 0 unspecified atom stereocenters. The van der Waals surface area contributed by atoms with Gasteiger partial charge in [0, 0.05) is 6.07 Å². The Morgan fingerprint density at radius 2 is 2.10 bits per heavy atom. The molecule has 0 amide bonds. The molecule has 0 aromatic carbocycles. The number of furan rings is 1. The van der Waals surface area contributed by atoms with Gasteiger partial charge < -0.3 is 4.42 Å². The van der Waals surface area contributed by atoms with E-state index in [1.807, 2.05) is 6.07 Å². The maximum absolute atomic E-state index is 11.7. The minimum absolute atomic E-state index is 0.215. The van der Waals surface area contributed by atoms with Crippen molar-refractivity contribution in [1.29, 1.82) is 0 Å². The maximum atomic E-state index is 11.7. The lowest BCUT2D eigenvalue weighted by atomic mass is 10.4. The highest BCUT2D eigenvalue weighted by Gasteiger charge is 2.34. The van der Waals surface area contributed by atoms with Crippen molar-refractivity contribution >= 4 is 0 Å². The van der Waals surface area contributed by atoms with E-state index in [2.05, 4.69) is 4.42 Å². The molecule has 0 fully saturated rings.